The van der Waals surface area contributed by atoms with Gasteiger partial charge >= 0.3 is 0 Å². The third-order valence-corrected chi connectivity index (χ3v) is 3.38. The summed E-state index contributed by atoms with van der Waals surface area (Å²) in [7, 11) is 0. The molecule has 0 amide bonds. The van der Waals surface area contributed by atoms with Gasteiger partial charge in [0.15, 0.2) is 5.82 Å². The van der Waals surface area contributed by atoms with Gasteiger partial charge < -0.3 is 10.2 Å². The summed E-state index contributed by atoms with van der Waals surface area (Å²) < 4.78 is 0. The standard InChI is InChI=1S/C10H12ClN3/c1-6-4-8-10(13-9(6)11)12-7-2-3-14(8)5-7/h4,7H,2-3,5H2,1H3,(H,12,13)/t7-/m0/s1. The van der Waals surface area contributed by atoms with Crippen molar-refractivity contribution in [1.82, 2.24) is 4.98 Å². The lowest BCUT2D eigenvalue weighted by atomic mass is 10.2. The van der Waals surface area contributed by atoms with Crippen molar-refractivity contribution in [1.29, 1.82) is 0 Å². The van der Waals surface area contributed by atoms with Crippen molar-refractivity contribution in [3.63, 3.8) is 0 Å². The summed E-state index contributed by atoms with van der Waals surface area (Å²) in [6, 6.07) is 2.69. The van der Waals surface area contributed by atoms with E-state index in [2.05, 4.69) is 21.3 Å². The fraction of sp³-hybridized carbons (Fsp3) is 0.500. The van der Waals surface area contributed by atoms with Crippen LogP contribution in [0.5, 0.6) is 0 Å². The highest BCUT2D eigenvalue weighted by molar-refractivity contribution is 6.30. The summed E-state index contributed by atoms with van der Waals surface area (Å²) in [6.07, 6.45) is 1.20. The molecule has 1 N–H and O–H groups in total. The fourth-order valence-corrected chi connectivity index (χ4v) is 2.35. The van der Waals surface area contributed by atoms with Crippen LogP contribution >= 0.6 is 11.6 Å². The molecule has 0 radical (unpaired) electrons. The largest absolute Gasteiger partial charge is 0.366 e. The molecule has 0 spiro atoms. The normalized spacial score (nSPS) is 23.3. The molecule has 0 unspecified atom stereocenters. The van der Waals surface area contributed by atoms with Gasteiger partial charge in [-0.15, -0.1) is 0 Å². The van der Waals surface area contributed by atoms with Gasteiger partial charge in [0.2, 0.25) is 0 Å². The average molecular weight is 210 g/mol. The van der Waals surface area contributed by atoms with Gasteiger partial charge in [-0.05, 0) is 25.0 Å². The molecule has 1 saturated heterocycles. The Balaban J connectivity index is 2.14. The summed E-state index contributed by atoms with van der Waals surface area (Å²) in [5, 5.41) is 4.03. The molecule has 0 aliphatic carbocycles. The van der Waals surface area contributed by atoms with Crippen LogP contribution in [0.25, 0.3) is 0 Å². The number of nitrogens with zero attached hydrogens (tertiary/aromatic N) is 2. The second-order valence-corrected chi connectivity index (χ2v) is 4.40. The van der Waals surface area contributed by atoms with E-state index in [1.54, 1.807) is 0 Å². The van der Waals surface area contributed by atoms with Crippen LogP contribution in [-0.4, -0.2) is 24.1 Å². The van der Waals surface area contributed by atoms with Crippen LogP contribution in [0, 0.1) is 6.92 Å². The predicted molar refractivity (Wildman–Crippen MR) is 58.2 cm³/mol. The highest BCUT2D eigenvalue weighted by atomic mass is 35.5. The van der Waals surface area contributed by atoms with Gasteiger partial charge in [-0.2, -0.15) is 0 Å². The smallest absolute Gasteiger partial charge is 0.151 e. The molecule has 0 saturated carbocycles. The lowest BCUT2D eigenvalue weighted by molar-refractivity contribution is 0.787. The Kier molecular flexibility index (Phi) is 1.65. The van der Waals surface area contributed by atoms with Crippen molar-refractivity contribution in [2.45, 2.75) is 19.4 Å². The van der Waals surface area contributed by atoms with E-state index in [-0.39, 0.29) is 0 Å². The highest BCUT2D eigenvalue weighted by Gasteiger charge is 2.30. The number of nitrogens with one attached hydrogen (secondary N) is 1. The van der Waals surface area contributed by atoms with Crippen molar-refractivity contribution in [3.8, 4) is 0 Å². The van der Waals surface area contributed by atoms with Crippen molar-refractivity contribution < 1.29 is 0 Å². The number of aryl methyl sites for hydroxylation is 1. The molecule has 1 atom stereocenters. The van der Waals surface area contributed by atoms with Gasteiger partial charge in [-0.25, -0.2) is 4.98 Å². The van der Waals surface area contributed by atoms with Crippen molar-refractivity contribution in [3.05, 3.63) is 16.8 Å². The van der Waals surface area contributed by atoms with Crippen LogP contribution in [0.2, 0.25) is 5.15 Å². The van der Waals surface area contributed by atoms with E-state index in [0.29, 0.717) is 11.2 Å². The van der Waals surface area contributed by atoms with Gasteiger partial charge in [0.1, 0.15) is 5.15 Å². The van der Waals surface area contributed by atoms with E-state index in [1.807, 2.05) is 6.92 Å². The molecule has 2 aliphatic heterocycles. The van der Waals surface area contributed by atoms with Crippen molar-refractivity contribution in [2.24, 2.45) is 0 Å². The molecular formula is C10H12ClN3. The minimum atomic E-state index is 0.564. The average Bonchev–Trinajstić information content (AvgIpc) is 2.54. The Morgan fingerprint density at radius 2 is 2.50 bits per heavy atom. The number of anilines is 2. The maximum Gasteiger partial charge on any atom is 0.151 e. The summed E-state index contributed by atoms with van der Waals surface area (Å²) in [6.45, 7) is 4.24. The van der Waals surface area contributed by atoms with Crippen molar-refractivity contribution >= 4 is 23.1 Å². The summed E-state index contributed by atoms with van der Waals surface area (Å²) in [4.78, 5) is 6.75. The first-order valence-electron chi connectivity index (χ1n) is 4.92. The SMILES string of the molecule is Cc1cc2c(nc1Cl)N[C@H]1CCN2C1. The predicted octanol–water partition coefficient (Wildman–Crippen LogP) is 2.05. The molecule has 14 heavy (non-hydrogen) atoms. The van der Waals surface area contributed by atoms with E-state index < -0.39 is 0 Å². The topological polar surface area (TPSA) is 28.2 Å². The van der Waals surface area contributed by atoms with Gasteiger partial charge in [-0.3, -0.25) is 0 Å². The molecule has 1 aromatic heterocycles. The number of hydrogen-bond donors (Lipinski definition) is 1. The maximum absolute atomic E-state index is 5.99. The zero-order valence-corrected chi connectivity index (χ0v) is 8.80. The third-order valence-electron chi connectivity index (χ3n) is 3.00. The molecule has 74 valence electrons. The van der Waals surface area contributed by atoms with Crippen LogP contribution in [-0.2, 0) is 0 Å². The Morgan fingerprint density at radius 1 is 1.64 bits per heavy atom. The minimum Gasteiger partial charge on any atom is -0.366 e. The van der Waals surface area contributed by atoms with Gasteiger partial charge in [0.05, 0.1) is 5.69 Å². The molecule has 3 rings (SSSR count). The Hall–Kier alpha value is -0.960. The van der Waals surface area contributed by atoms with Crippen LogP contribution in [0.15, 0.2) is 6.07 Å². The van der Waals surface area contributed by atoms with E-state index in [4.69, 9.17) is 11.6 Å². The summed E-state index contributed by atoms with van der Waals surface area (Å²) in [5.41, 5.74) is 2.26. The number of aromatic nitrogens is 1. The molecule has 2 bridgehead atoms. The number of halogens is 1. The van der Waals surface area contributed by atoms with Crippen LogP contribution in [0.3, 0.4) is 0 Å². The Labute approximate surface area is 88.1 Å². The first kappa shape index (κ1) is 8.36. The zero-order valence-electron chi connectivity index (χ0n) is 8.05. The summed E-state index contributed by atoms with van der Waals surface area (Å²) in [5.74, 6) is 0.953. The zero-order chi connectivity index (χ0) is 9.71. The highest BCUT2D eigenvalue weighted by Crippen LogP contribution is 2.36. The molecular weight excluding hydrogens is 198 g/mol. The number of rotatable bonds is 0. The van der Waals surface area contributed by atoms with E-state index in [0.717, 1.165) is 24.5 Å². The van der Waals surface area contributed by atoms with Crippen LogP contribution in [0.4, 0.5) is 11.5 Å². The monoisotopic (exact) mass is 209 g/mol. The summed E-state index contributed by atoms with van der Waals surface area (Å²) >= 11 is 5.99. The molecule has 2 aliphatic rings. The number of pyridine rings is 1. The van der Waals surface area contributed by atoms with Crippen molar-refractivity contribution in [2.75, 3.05) is 23.3 Å². The molecule has 3 heterocycles. The Bertz CT molecular complexity index is 391. The van der Waals surface area contributed by atoms with Crippen LogP contribution in [0.1, 0.15) is 12.0 Å². The lowest BCUT2D eigenvalue weighted by Crippen LogP contribution is -2.32. The first-order chi connectivity index (χ1) is 6.74. The Morgan fingerprint density at radius 3 is 3.36 bits per heavy atom. The first-order valence-corrected chi connectivity index (χ1v) is 5.30. The van der Waals surface area contributed by atoms with E-state index in [9.17, 15) is 0 Å². The fourth-order valence-electron chi connectivity index (χ4n) is 2.21. The maximum atomic E-state index is 5.99. The molecule has 1 fully saturated rings. The quantitative estimate of drug-likeness (QED) is 0.663. The van der Waals surface area contributed by atoms with E-state index in [1.165, 1.54) is 12.1 Å². The number of hydrogen-bond acceptors (Lipinski definition) is 3. The van der Waals surface area contributed by atoms with Gasteiger partial charge in [0.25, 0.3) is 0 Å². The molecule has 1 aromatic rings. The number of fused-ring (bicyclic) bond motifs is 4. The molecule has 4 heteroatoms. The van der Waals surface area contributed by atoms with Gasteiger partial charge in [-0.1, -0.05) is 11.6 Å². The minimum absolute atomic E-state index is 0.564. The van der Waals surface area contributed by atoms with Gasteiger partial charge in [0, 0.05) is 19.1 Å². The second kappa shape index (κ2) is 2.76. The second-order valence-electron chi connectivity index (χ2n) is 4.04. The third kappa shape index (κ3) is 1.08. The van der Waals surface area contributed by atoms with E-state index >= 15 is 0 Å². The van der Waals surface area contributed by atoms with Crippen LogP contribution < -0.4 is 10.2 Å². The molecule has 0 aromatic carbocycles. The lowest BCUT2D eigenvalue weighted by Gasteiger charge is -2.28. The molecule has 3 nitrogen and oxygen atoms in total.